The highest BCUT2D eigenvalue weighted by atomic mass is 32.1. The molecule has 0 spiro atoms. The summed E-state index contributed by atoms with van der Waals surface area (Å²) in [7, 11) is 0. The SMILES string of the molecule is O=C(N[C@]1(c2ccccc2)CCN(c2nccc3[nH]ncc23)C[C@H]1O)c1ccsc1. The molecule has 1 aliphatic heterocycles. The number of aromatic nitrogens is 3. The number of fused-ring (bicyclic) bond motifs is 1. The number of anilines is 1. The van der Waals surface area contributed by atoms with Crippen molar-refractivity contribution in [1.82, 2.24) is 20.5 Å². The summed E-state index contributed by atoms with van der Waals surface area (Å²) in [6.45, 7) is 0.975. The average Bonchev–Trinajstić information content (AvgIpc) is 3.48. The zero-order valence-electron chi connectivity index (χ0n) is 16.2. The van der Waals surface area contributed by atoms with Gasteiger partial charge in [0.2, 0.25) is 0 Å². The third kappa shape index (κ3) is 3.14. The molecule has 0 radical (unpaired) electrons. The van der Waals surface area contributed by atoms with Gasteiger partial charge in [-0.15, -0.1) is 0 Å². The van der Waals surface area contributed by atoms with Crippen LogP contribution in [0.5, 0.6) is 0 Å². The summed E-state index contributed by atoms with van der Waals surface area (Å²) >= 11 is 1.48. The molecule has 4 heterocycles. The second-order valence-electron chi connectivity index (χ2n) is 7.48. The lowest BCUT2D eigenvalue weighted by molar-refractivity contribution is 0.0365. The molecule has 0 saturated carbocycles. The first-order valence-electron chi connectivity index (χ1n) is 9.79. The molecular weight excluding hydrogens is 398 g/mol. The number of carbonyl (C=O) groups is 1. The number of hydrogen-bond acceptors (Lipinski definition) is 6. The largest absolute Gasteiger partial charge is 0.388 e. The predicted molar refractivity (Wildman–Crippen MR) is 117 cm³/mol. The normalized spacial score (nSPS) is 21.6. The van der Waals surface area contributed by atoms with Gasteiger partial charge in [-0.05, 0) is 29.5 Å². The number of aliphatic hydroxyl groups excluding tert-OH is 1. The van der Waals surface area contributed by atoms with E-state index in [4.69, 9.17) is 0 Å². The molecule has 1 saturated heterocycles. The van der Waals surface area contributed by atoms with Crippen molar-refractivity contribution in [3.8, 4) is 0 Å². The van der Waals surface area contributed by atoms with Crippen LogP contribution in [-0.2, 0) is 5.54 Å². The number of β-amino-alcohol motifs (C(OH)–C–C–N with tert-alkyl or cyclic N) is 1. The van der Waals surface area contributed by atoms with Crippen molar-refractivity contribution in [3.05, 3.63) is 76.7 Å². The maximum absolute atomic E-state index is 12.9. The number of nitrogens with one attached hydrogen (secondary N) is 2. The Hall–Kier alpha value is -3.23. The average molecular weight is 420 g/mol. The number of hydrogen-bond donors (Lipinski definition) is 3. The van der Waals surface area contributed by atoms with Crippen LogP contribution in [0.4, 0.5) is 5.82 Å². The van der Waals surface area contributed by atoms with Crippen molar-refractivity contribution < 1.29 is 9.90 Å². The Morgan fingerprint density at radius 2 is 2.13 bits per heavy atom. The Morgan fingerprint density at radius 3 is 2.90 bits per heavy atom. The zero-order chi connectivity index (χ0) is 20.6. The van der Waals surface area contributed by atoms with Gasteiger partial charge in [-0.3, -0.25) is 9.89 Å². The van der Waals surface area contributed by atoms with Crippen LogP contribution in [0, 0.1) is 0 Å². The number of nitrogens with zero attached hydrogens (tertiary/aromatic N) is 3. The maximum atomic E-state index is 12.9. The monoisotopic (exact) mass is 419 g/mol. The van der Waals surface area contributed by atoms with E-state index in [1.54, 1.807) is 18.5 Å². The summed E-state index contributed by atoms with van der Waals surface area (Å²) in [5.74, 6) is 0.605. The van der Waals surface area contributed by atoms with Gasteiger partial charge in [0.25, 0.3) is 5.91 Å². The smallest absolute Gasteiger partial charge is 0.252 e. The topological polar surface area (TPSA) is 94.1 Å². The van der Waals surface area contributed by atoms with Gasteiger partial charge in [0.1, 0.15) is 5.82 Å². The van der Waals surface area contributed by atoms with Gasteiger partial charge in [-0.2, -0.15) is 16.4 Å². The summed E-state index contributed by atoms with van der Waals surface area (Å²) in [5, 5.41) is 26.2. The van der Waals surface area contributed by atoms with Crippen molar-refractivity contribution in [2.75, 3.05) is 18.0 Å². The predicted octanol–water partition coefficient (Wildman–Crippen LogP) is 2.92. The lowest BCUT2D eigenvalue weighted by atomic mass is 9.78. The molecule has 4 aromatic rings. The fourth-order valence-electron chi connectivity index (χ4n) is 4.19. The zero-order valence-corrected chi connectivity index (χ0v) is 17.0. The van der Waals surface area contributed by atoms with Gasteiger partial charge >= 0.3 is 0 Å². The number of rotatable bonds is 4. The van der Waals surface area contributed by atoms with E-state index in [0.717, 1.165) is 22.3 Å². The van der Waals surface area contributed by atoms with Gasteiger partial charge in [-0.25, -0.2) is 4.98 Å². The van der Waals surface area contributed by atoms with Gasteiger partial charge < -0.3 is 15.3 Å². The molecule has 152 valence electrons. The Balaban J connectivity index is 1.48. The minimum absolute atomic E-state index is 0.178. The van der Waals surface area contributed by atoms with Crippen LogP contribution >= 0.6 is 11.3 Å². The van der Waals surface area contributed by atoms with Gasteiger partial charge in [0.15, 0.2) is 0 Å². The molecule has 0 unspecified atom stereocenters. The van der Waals surface area contributed by atoms with E-state index in [1.165, 1.54) is 11.3 Å². The van der Waals surface area contributed by atoms with Gasteiger partial charge in [-0.1, -0.05) is 30.3 Å². The van der Waals surface area contributed by atoms with Gasteiger partial charge in [0.05, 0.1) is 34.3 Å². The molecule has 1 aromatic carbocycles. The quantitative estimate of drug-likeness (QED) is 0.473. The van der Waals surface area contributed by atoms with Crippen LogP contribution in [-0.4, -0.2) is 45.4 Å². The number of thiophene rings is 1. The molecule has 0 aliphatic carbocycles. The number of carbonyl (C=O) groups excluding carboxylic acids is 1. The summed E-state index contributed by atoms with van der Waals surface area (Å²) < 4.78 is 0. The molecule has 1 amide bonds. The minimum Gasteiger partial charge on any atom is -0.388 e. The van der Waals surface area contributed by atoms with E-state index < -0.39 is 11.6 Å². The Bertz CT molecular complexity index is 1160. The standard InChI is InChI=1S/C22H21N5O2S/c28-19-13-27(20-17-12-24-26-18(17)6-9-23-20)10-8-22(19,16-4-2-1-3-5-16)25-21(29)15-7-11-30-14-15/h1-7,9,11-12,14,19,28H,8,10,13H2,(H,24,26)(H,25,29)/t19-,22+/m1/s1. The molecule has 1 fully saturated rings. The molecular formula is C22H21N5O2S. The third-order valence-corrected chi connectivity index (χ3v) is 6.48. The fourth-order valence-corrected chi connectivity index (χ4v) is 4.83. The highest BCUT2D eigenvalue weighted by Crippen LogP contribution is 2.36. The first-order chi connectivity index (χ1) is 14.7. The van der Waals surface area contributed by atoms with E-state index >= 15 is 0 Å². The number of amides is 1. The molecule has 3 N–H and O–H groups in total. The first kappa shape index (κ1) is 18.8. The number of aliphatic hydroxyl groups is 1. The summed E-state index contributed by atoms with van der Waals surface area (Å²) in [6, 6.07) is 13.4. The van der Waals surface area contributed by atoms with E-state index in [1.807, 2.05) is 47.2 Å². The number of piperidine rings is 1. The van der Waals surface area contributed by atoms with Crippen LogP contribution in [0.2, 0.25) is 0 Å². The van der Waals surface area contributed by atoms with Gasteiger partial charge in [0, 0.05) is 24.7 Å². The molecule has 3 aromatic heterocycles. The van der Waals surface area contributed by atoms with Crippen LogP contribution in [0.3, 0.4) is 0 Å². The van der Waals surface area contributed by atoms with Crippen molar-refractivity contribution in [1.29, 1.82) is 0 Å². The molecule has 30 heavy (non-hydrogen) atoms. The minimum atomic E-state index is -0.874. The summed E-state index contributed by atoms with van der Waals surface area (Å²) in [6.07, 6.45) is 3.21. The molecule has 7 nitrogen and oxygen atoms in total. The maximum Gasteiger partial charge on any atom is 0.252 e. The Labute approximate surface area is 177 Å². The molecule has 0 bridgehead atoms. The van der Waals surface area contributed by atoms with E-state index in [-0.39, 0.29) is 5.91 Å². The third-order valence-electron chi connectivity index (χ3n) is 5.79. The lowest BCUT2D eigenvalue weighted by Crippen LogP contribution is -2.62. The highest BCUT2D eigenvalue weighted by Gasteiger charge is 2.45. The van der Waals surface area contributed by atoms with Crippen molar-refractivity contribution in [2.24, 2.45) is 0 Å². The van der Waals surface area contributed by atoms with Crippen LogP contribution < -0.4 is 10.2 Å². The van der Waals surface area contributed by atoms with Crippen molar-refractivity contribution in [2.45, 2.75) is 18.1 Å². The summed E-state index contributed by atoms with van der Waals surface area (Å²) in [4.78, 5) is 19.5. The van der Waals surface area contributed by atoms with E-state index in [2.05, 4.69) is 25.4 Å². The molecule has 5 rings (SSSR count). The van der Waals surface area contributed by atoms with Crippen molar-refractivity contribution >= 4 is 34.0 Å². The first-order valence-corrected chi connectivity index (χ1v) is 10.7. The fraction of sp³-hybridized carbons (Fsp3) is 0.227. The van der Waals surface area contributed by atoms with Crippen LogP contribution in [0.15, 0.2) is 65.6 Å². The molecule has 8 heteroatoms. The van der Waals surface area contributed by atoms with Crippen LogP contribution in [0.1, 0.15) is 22.3 Å². The van der Waals surface area contributed by atoms with E-state index in [0.29, 0.717) is 25.1 Å². The number of aromatic amines is 1. The highest BCUT2D eigenvalue weighted by molar-refractivity contribution is 7.08. The number of H-pyrrole nitrogens is 1. The molecule has 1 aliphatic rings. The number of benzene rings is 1. The second kappa shape index (κ2) is 7.55. The lowest BCUT2D eigenvalue weighted by Gasteiger charge is -2.46. The van der Waals surface area contributed by atoms with Crippen LogP contribution in [0.25, 0.3) is 10.9 Å². The van der Waals surface area contributed by atoms with E-state index in [9.17, 15) is 9.90 Å². The second-order valence-corrected chi connectivity index (χ2v) is 8.26. The Kier molecular flexibility index (Phi) is 4.72. The molecule has 2 atom stereocenters. The number of pyridine rings is 1. The summed E-state index contributed by atoms with van der Waals surface area (Å²) in [5.41, 5.74) is 1.53. The Morgan fingerprint density at radius 1 is 1.27 bits per heavy atom. The van der Waals surface area contributed by atoms with Crippen molar-refractivity contribution in [3.63, 3.8) is 0 Å².